The van der Waals surface area contributed by atoms with E-state index in [2.05, 4.69) is 109 Å². The lowest BCUT2D eigenvalue weighted by molar-refractivity contribution is 0.408. The third-order valence-corrected chi connectivity index (χ3v) is 7.56. The molecular formula is C30H44O3P+. The minimum atomic E-state index is -2.37. The summed E-state index contributed by atoms with van der Waals surface area (Å²) in [5.41, 5.74) is 8.58. The van der Waals surface area contributed by atoms with Gasteiger partial charge in [-0.1, -0.05) is 95.2 Å². The Balaban J connectivity index is 2.69. The average Bonchev–Trinajstić information content (AvgIpc) is 2.74. The van der Waals surface area contributed by atoms with E-state index >= 15 is 0 Å². The topological polar surface area (TPSA) is 35.5 Å². The predicted molar refractivity (Wildman–Crippen MR) is 145 cm³/mol. The molecule has 0 saturated carbocycles. The first-order chi connectivity index (χ1) is 15.2. The van der Waals surface area contributed by atoms with Crippen LogP contribution in [0, 0.1) is 13.8 Å². The normalized spacial score (nSPS) is 14.7. The molecule has 0 amide bonds. The molecule has 3 rings (SSSR count). The monoisotopic (exact) mass is 483 g/mol. The Kier molecular flexibility index (Phi) is 6.36. The van der Waals surface area contributed by atoms with Gasteiger partial charge in [-0.15, -0.1) is 0 Å². The highest BCUT2D eigenvalue weighted by atomic mass is 31.1. The number of benzene rings is 2. The molecule has 0 N–H and O–H groups in total. The van der Waals surface area contributed by atoms with Crippen molar-refractivity contribution >= 4 is 8.25 Å². The summed E-state index contributed by atoms with van der Waals surface area (Å²) in [7, 11) is -2.37. The van der Waals surface area contributed by atoms with E-state index in [1.165, 1.54) is 22.3 Å². The highest BCUT2D eigenvalue weighted by Gasteiger charge is 2.43. The van der Waals surface area contributed by atoms with Gasteiger partial charge in [0, 0.05) is 26.8 Å². The van der Waals surface area contributed by atoms with Gasteiger partial charge in [0.2, 0.25) is 11.5 Å². The third kappa shape index (κ3) is 4.66. The van der Waals surface area contributed by atoms with Gasteiger partial charge in [0.05, 0.1) is 0 Å². The Labute approximate surface area is 208 Å². The fraction of sp³-hybridized carbons (Fsp3) is 0.600. The summed E-state index contributed by atoms with van der Waals surface area (Å²) in [5, 5.41) is 0. The first-order valence-electron chi connectivity index (χ1n) is 12.4. The first kappa shape index (κ1) is 26.7. The van der Waals surface area contributed by atoms with E-state index in [0.29, 0.717) is 11.5 Å². The lowest BCUT2D eigenvalue weighted by atomic mass is 9.72. The molecule has 186 valence electrons. The Morgan fingerprint density at radius 1 is 0.529 bits per heavy atom. The van der Waals surface area contributed by atoms with Crippen LogP contribution in [0.2, 0.25) is 0 Å². The van der Waals surface area contributed by atoms with Crippen molar-refractivity contribution < 1.29 is 13.6 Å². The van der Waals surface area contributed by atoms with Gasteiger partial charge in [-0.3, -0.25) is 0 Å². The van der Waals surface area contributed by atoms with Crippen LogP contribution in [0.15, 0.2) is 12.1 Å². The molecule has 0 spiro atoms. The maximum absolute atomic E-state index is 13.3. The van der Waals surface area contributed by atoms with Crippen molar-refractivity contribution in [2.45, 2.75) is 119 Å². The molecule has 0 radical (unpaired) electrons. The Bertz CT molecular complexity index is 1070. The van der Waals surface area contributed by atoms with E-state index in [0.717, 1.165) is 22.3 Å². The van der Waals surface area contributed by atoms with E-state index in [9.17, 15) is 4.57 Å². The first-order valence-corrected chi connectivity index (χ1v) is 13.5. The smallest absolute Gasteiger partial charge is 0.221 e. The van der Waals surface area contributed by atoms with Crippen molar-refractivity contribution in [3.8, 4) is 22.6 Å². The number of hydrogen-bond donors (Lipinski definition) is 0. The van der Waals surface area contributed by atoms with Crippen LogP contribution in [0.1, 0.15) is 116 Å². The minimum Gasteiger partial charge on any atom is -0.221 e. The molecule has 0 aliphatic carbocycles. The Hall–Kier alpha value is -1.86. The maximum Gasteiger partial charge on any atom is 0.805 e. The standard InChI is InChI=1S/C30H44O3P/c1-17-19(27(3,4)5)15-21(29(9,10)11)25-23(17)24-18(2)20(28(6,7)8)16-22(30(12,13)14)26(24)33-34(31)32-25/h15-16H,1-14H3/q+1. The fourth-order valence-corrected chi connectivity index (χ4v) is 5.86. The molecule has 1 aliphatic rings. The van der Waals surface area contributed by atoms with E-state index < -0.39 is 8.25 Å². The fourth-order valence-electron chi connectivity index (χ4n) is 5.15. The predicted octanol–water partition coefficient (Wildman–Crippen LogP) is 9.59. The summed E-state index contributed by atoms with van der Waals surface area (Å²) in [6, 6.07) is 4.52. The summed E-state index contributed by atoms with van der Waals surface area (Å²) in [6.45, 7) is 31.0. The summed E-state index contributed by atoms with van der Waals surface area (Å²) in [5.74, 6) is 1.40. The molecule has 0 atom stereocenters. The molecule has 0 unspecified atom stereocenters. The largest absolute Gasteiger partial charge is 0.805 e. The number of hydrogen-bond acceptors (Lipinski definition) is 3. The van der Waals surface area contributed by atoms with Gasteiger partial charge in [-0.25, -0.2) is 9.05 Å². The van der Waals surface area contributed by atoms with Gasteiger partial charge in [0.15, 0.2) is 0 Å². The van der Waals surface area contributed by atoms with Crippen LogP contribution in [0.25, 0.3) is 11.1 Å². The average molecular weight is 484 g/mol. The molecule has 4 heteroatoms. The van der Waals surface area contributed by atoms with Gasteiger partial charge >= 0.3 is 8.25 Å². The highest BCUT2D eigenvalue weighted by molar-refractivity contribution is 7.34. The third-order valence-electron chi connectivity index (χ3n) is 6.89. The molecule has 2 aromatic rings. The highest BCUT2D eigenvalue weighted by Crippen LogP contribution is 2.57. The lowest BCUT2D eigenvalue weighted by Gasteiger charge is -2.32. The zero-order valence-electron chi connectivity index (χ0n) is 23.8. The maximum atomic E-state index is 13.3. The van der Waals surface area contributed by atoms with Crippen molar-refractivity contribution in [2.24, 2.45) is 0 Å². The summed E-state index contributed by atoms with van der Waals surface area (Å²) >= 11 is 0. The van der Waals surface area contributed by atoms with Gasteiger partial charge in [0.25, 0.3) is 0 Å². The van der Waals surface area contributed by atoms with Gasteiger partial charge in [-0.05, 0) is 57.8 Å². The zero-order chi connectivity index (χ0) is 26.2. The van der Waals surface area contributed by atoms with Crippen LogP contribution in [0.3, 0.4) is 0 Å². The second kappa shape index (κ2) is 8.09. The van der Waals surface area contributed by atoms with Crippen LogP contribution >= 0.6 is 8.25 Å². The van der Waals surface area contributed by atoms with Crippen molar-refractivity contribution in [2.75, 3.05) is 0 Å². The van der Waals surface area contributed by atoms with Crippen LogP contribution in [-0.2, 0) is 26.2 Å². The Morgan fingerprint density at radius 3 is 1.03 bits per heavy atom. The van der Waals surface area contributed by atoms with E-state index in [1.807, 2.05) is 0 Å². The van der Waals surface area contributed by atoms with E-state index in [-0.39, 0.29) is 21.7 Å². The molecule has 0 aromatic heterocycles. The van der Waals surface area contributed by atoms with Crippen LogP contribution in [-0.4, -0.2) is 0 Å². The molecule has 1 aliphatic heterocycles. The quantitative estimate of drug-likeness (QED) is 0.350. The summed E-state index contributed by atoms with van der Waals surface area (Å²) in [6.07, 6.45) is 0. The molecule has 1 heterocycles. The summed E-state index contributed by atoms with van der Waals surface area (Å²) < 4.78 is 25.6. The van der Waals surface area contributed by atoms with Crippen molar-refractivity contribution in [1.82, 2.24) is 0 Å². The molecule has 2 aromatic carbocycles. The zero-order valence-corrected chi connectivity index (χ0v) is 24.7. The van der Waals surface area contributed by atoms with Gasteiger partial charge < -0.3 is 0 Å². The number of fused-ring (bicyclic) bond motifs is 3. The van der Waals surface area contributed by atoms with E-state index in [4.69, 9.17) is 9.05 Å². The molecule has 0 bridgehead atoms. The second-order valence-electron chi connectivity index (χ2n) is 14.0. The lowest BCUT2D eigenvalue weighted by Crippen LogP contribution is -2.21. The molecule has 0 fully saturated rings. The van der Waals surface area contributed by atoms with Crippen molar-refractivity contribution in [3.05, 3.63) is 45.5 Å². The molecule has 0 saturated heterocycles. The molecule has 3 nitrogen and oxygen atoms in total. The van der Waals surface area contributed by atoms with Crippen LogP contribution < -0.4 is 9.05 Å². The Morgan fingerprint density at radius 2 is 0.794 bits per heavy atom. The molecular weight excluding hydrogens is 439 g/mol. The van der Waals surface area contributed by atoms with Crippen LogP contribution in [0.4, 0.5) is 0 Å². The minimum absolute atomic E-state index is 0.0585. The van der Waals surface area contributed by atoms with Gasteiger partial charge in [-0.2, -0.15) is 0 Å². The van der Waals surface area contributed by atoms with Crippen molar-refractivity contribution in [3.63, 3.8) is 0 Å². The second-order valence-corrected chi connectivity index (χ2v) is 14.8. The summed E-state index contributed by atoms with van der Waals surface area (Å²) in [4.78, 5) is 0. The SMILES string of the molecule is Cc1c(C(C)(C)C)cc(C(C)(C)C)c2c1-c1c(C)c(C(C)(C)C)cc(C(C)(C)C)c1O[P+](=O)O2. The van der Waals surface area contributed by atoms with E-state index in [1.54, 1.807) is 0 Å². The molecule has 34 heavy (non-hydrogen) atoms. The van der Waals surface area contributed by atoms with Crippen LogP contribution in [0.5, 0.6) is 11.5 Å². The number of rotatable bonds is 0. The van der Waals surface area contributed by atoms with Crippen molar-refractivity contribution in [1.29, 1.82) is 0 Å². The van der Waals surface area contributed by atoms with Gasteiger partial charge in [0.1, 0.15) is 0 Å².